The Bertz CT molecular complexity index is 1060. The van der Waals surface area contributed by atoms with E-state index in [2.05, 4.69) is 9.97 Å². The van der Waals surface area contributed by atoms with Gasteiger partial charge in [-0.25, -0.2) is 9.97 Å². The van der Waals surface area contributed by atoms with E-state index >= 15 is 0 Å². The molecule has 0 bridgehead atoms. The fourth-order valence-corrected chi connectivity index (χ4v) is 3.64. The van der Waals surface area contributed by atoms with Crippen molar-refractivity contribution in [3.05, 3.63) is 72.1 Å². The number of hydrogen-bond donors (Lipinski definition) is 0. The lowest BCUT2D eigenvalue weighted by atomic mass is 10.1. The number of rotatable bonds is 7. The van der Waals surface area contributed by atoms with Crippen LogP contribution in [-0.2, 0) is 16.1 Å². The van der Waals surface area contributed by atoms with E-state index in [-0.39, 0.29) is 11.9 Å². The topological polar surface area (TPSA) is 83.0 Å². The third-order valence-electron chi connectivity index (χ3n) is 5.21. The van der Waals surface area contributed by atoms with Crippen LogP contribution in [0.3, 0.4) is 0 Å². The predicted octanol–water partition coefficient (Wildman–Crippen LogP) is 4.12. The minimum Gasteiger partial charge on any atom is -0.496 e. The van der Waals surface area contributed by atoms with Crippen molar-refractivity contribution in [2.24, 2.45) is 0 Å². The molecular weight excluding hydrogens is 410 g/mol. The number of benzene rings is 2. The van der Waals surface area contributed by atoms with Crippen LogP contribution in [0.5, 0.6) is 23.3 Å². The van der Waals surface area contributed by atoms with Crippen LogP contribution >= 0.6 is 0 Å². The second-order valence-corrected chi connectivity index (χ2v) is 7.77. The maximum Gasteiger partial charge on any atom is 0.321 e. The zero-order chi connectivity index (χ0) is 22.7. The second kappa shape index (κ2) is 8.84. The van der Waals surface area contributed by atoms with Gasteiger partial charge in [-0.05, 0) is 49.7 Å². The Morgan fingerprint density at radius 3 is 2.19 bits per heavy atom. The van der Waals surface area contributed by atoms with Gasteiger partial charge >= 0.3 is 6.01 Å². The first-order valence-electron chi connectivity index (χ1n) is 10.2. The first-order chi connectivity index (χ1) is 15.4. The predicted molar refractivity (Wildman–Crippen MR) is 117 cm³/mol. The zero-order valence-corrected chi connectivity index (χ0v) is 18.4. The fraction of sp³-hybridized carbons (Fsp3) is 0.292. The normalized spacial score (nSPS) is 17.3. The molecule has 32 heavy (non-hydrogen) atoms. The van der Waals surface area contributed by atoms with Gasteiger partial charge in [-0.15, -0.1) is 0 Å². The molecular formula is C24H25N3O5. The van der Waals surface area contributed by atoms with Crippen molar-refractivity contribution in [2.45, 2.75) is 32.2 Å². The summed E-state index contributed by atoms with van der Waals surface area (Å²) in [6, 6.07) is 14.9. The largest absolute Gasteiger partial charge is 0.496 e. The molecule has 4 rings (SSSR count). The molecule has 1 aliphatic rings. The third-order valence-corrected chi connectivity index (χ3v) is 5.21. The molecule has 8 heteroatoms. The number of methoxy groups -OCH3 is 2. The summed E-state index contributed by atoms with van der Waals surface area (Å²) in [5.41, 5.74) is 0.613. The summed E-state index contributed by atoms with van der Waals surface area (Å²) in [5, 5.41) is 0. The Hall–Kier alpha value is -3.65. The van der Waals surface area contributed by atoms with Crippen molar-refractivity contribution in [1.29, 1.82) is 0 Å². The van der Waals surface area contributed by atoms with Gasteiger partial charge in [-0.1, -0.05) is 18.2 Å². The molecule has 3 aromatic rings. The molecule has 1 aromatic heterocycles. The van der Waals surface area contributed by atoms with E-state index in [1.807, 2.05) is 42.5 Å². The van der Waals surface area contributed by atoms with Crippen LogP contribution in [0, 0.1) is 0 Å². The molecule has 0 aliphatic carbocycles. The van der Waals surface area contributed by atoms with Crippen LogP contribution in [-0.4, -0.2) is 40.6 Å². The van der Waals surface area contributed by atoms with Crippen LogP contribution in [0.2, 0.25) is 0 Å². The number of hydrogen-bond acceptors (Lipinski definition) is 7. The lowest BCUT2D eigenvalue weighted by molar-refractivity contribution is -0.134. The molecule has 1 aliphatic heterocycles. The van der Waals surface area contributed by atoms with Crippen LogP contribution in [0.4, 0.5) is 0 Å². The van der Waals surface area contributed by atoms with E-state index in [1.165, 1.54) is 0 Å². The van der Waals surface area contributed by atoms with Gasteiger partial charge in [0, 0.05) is 18.9 Å². The summed E-state index contributed by atoms with van der Waals surface area (Å²) < 4.78 is 22.9. The molecule has 0 radical (unpaired) electrons. The number of nitrogens with zero attached hydrogens (tertiary/aromatic N) is 3. The quantitative estimate of drug-likeness (QED) is 0.552. The number of carbonyl (C=O) groups is 1. The fourth-order valence-electron chi connectivity index (χ4n) is 3.64. The van der Waals surface area contributed by atoms with Gasteiger partial charge in [0.05, 0.1) is 19.8 Å². The Morgan fingerprint density at radius 1 is 0.969 bits per heavy atom. The molecule has 166 valence electrons. The second-order valence-electron chi connectivity index (χ2n) is 7.77. The highest BCUT2D eigenvalue weighted by atomic mass is 16.6. The number of carbonyl (C=O) groups excluding carboxylic acids is 1. The van der Waals surface area contributed by atoms with E-state index < -0.39 is 11.8 Å². The summed E-state index contributed by atoms with van der Waals surface area (Å²) in [5.74, 6) is 1.67. The van der Waals surface area contributed by atoms with E-state index in [0.717, 1.165) is 5.56 Å². The molecule has 0 saturated carbocycles. The highest BCUT2D eigenvalue weighted by molar-refractivity contribution is 5.86. The first kappa shape index (κ1) is 21.6. The number of amides is 1. The molecule has 0 spiro atoms. The van der Waals surface area contributed by atoms with Crippen molar-refractivity contribution in [2.75, 3.05) is 14.2 Å². The van der Waals surface area contributed by atoms with Gasteiger partial charge < -0.3 is 23.8 Å². The Labute approximate surface area is 186 Å². The highest BCUT2D eigenvalue weighted by Crippen LogP contribution is 2.45. The maximum atomic E-state index is 13.2. The monoisotopic (exact) mass is 435 g/mol. The molecule has 1 saturated heterocycles. The summed E-state index contributed by atoms with van der Waals surface area (Å²) >= 11 is 0. The lowest BCUT2D eigenvalue weighted by Crippen LogP contribution is -2.35. The summed E-state index contributed by atoms with van der Waals surface area (Å²) in [6.07, 6.45) is 2.57. The maximum absolute atomic E-state index is 13.2. The Morgan fingerprint density at radius 2 is 1.59 bits per heavy atom. The van der Waals surface area contributed by atoms with Gasteiger partial charge in [0.2, 0.25) is 0 Å². The van der Waals surface area contributed by atoms with E-state index in [4.69, 9.17) is 18.9 Å². The van der Waals surface area contributed by atoms with Gasteiger partial charge in [0.25, 0.3) is 5.91 Å². The van der Waals surface area contributed by atoms with Crippen molar-refractivity contribution >= 4 is 5.91 Å². The van der Waals surface area contributed by atoms with Crippen molar-refractivity contribution in [1.82, 2.24) is 14.9 Å². The van der Waals surface area contributed by atoms with Crippen LogP contribution in [0.25, 0.3) is 0 Å². The summed E-state index contributed by atoms with van der Waals surface area (Å²) in [4.78, 5) is 23.0. The standard InChI is InChI=1S/C24H25N3O5/c1-24(2)22(28)27(21(32-24)20-18(29-3)7-5-8-19(20)30-4)15-16-9-11-17(12-10-16)31-23-25-13-6-14-26-23/h5-14,21H,15H2,1-4H3. The summed E-state index contributed by atoms with van der Waals surface area (Å²) in [6.45, 7) is 3.87. The zero-order valence-electron chi connectivity index (χ0n) is 18.4. The van der Waals surface area contributed by atoms with Crippen LogP contribution < -0.4 is 14.2 Å². The van der Waals surface area contributed by atoms with Gasteiger partial charge in [-0.2, -0.15) is 0 Å². The van der Waals surface area contributed by atoms with E-state index in [0.29, 0.717) is 29.4 Å². The molecule has 8 nitrogen and oxygen atoms in total. The van der Waals surface area contributed by atoms with E-state index in [9.17, 15) is 4.79 Å². The van der Waals surface area contributed by atoms with Gasteiger partial charge in [-0.3, -0.25) is 4.79 Å². The Balaban J connectivity index is 1.61. The summed E-state index contributed by atoms with van der Waals surface area (Å²) in [7, 11) is 3.17. The molecule has 0 N–H and O–H groups in total. The Kier molecular flexibility index (Phi) is 5.96. The minimum atomic E-state index is -0.982. The van der Waals surface area contributed by atoms with Crippen molar-refractivity contribution in [3.8, 4) is 23.3 Å². The number of aromatic nitrogens is 2. The average Bonchev–Trinajstić information content (AvgIpc) is 3.03. The third kappa shape index (κ3) is 4.22. The number of ether oxygens (including phenoxy) is 4. The van der Waals surface area contributed by atoms with Gasteiger partial charge in [0.15, 0.2) is 6.23 Å². The molecule has 1 atom stereocenters. The van der Waals surface area contributed by atoms with Crippen molar-refractivity contribution in [3.63, 3.8) is 0 Å². The molecule has 2 aromatic carbocycles. The highest BCUT2D eigenvalue weighted by Gasteiger charge is 2.48. The SMILES string of the molecule is COc1cccc(OC)c1C1OC(C)(C)C(=O)N1Cc1ccc(Oc2ncccn2)cc1. The van der Waals surface area contributed by atoms with E-state index in [1.54, 1.807) is 51.4 Å². The van der Waals surface area contributed by atoms with Gasteiger partial charge in [0.1, 0.15) is 22.8 Å². The molecule has 1 unspecified atom stereocenters. The smallest absolute Gasteiger partial charge is 0.321 e. The molecule has 1 fully saturated rings. The minimum absolute atomic E-state index is 0.117. The first-order valence-corrected chi connectivity index (χ1v) is 10.2. The van der Waals surface area contributed by atoms with Crippen LogP contribution in [0.1, 0.15) is 31.2 Å². The average molecular weight is 435 g/mol. The molecule has 1 amide bonds. The lowest BCUT2D eigenvalue weighted by Gasteiger charge is -2.26. The van der Waals surface area contributed by atoms with Crippen molar-refractivity contribution < 1.29 is 23.7 Å². The molecule has 2 heterocycles. The van der Waals surface area contributed by atoms with Crippen LogP contribution in [0.15, 0.2) is 60.9 Å².